The zero-order valence-corrected chi connectivity index (χ0v) is 10.5. The second-order valence-electron chi connectivity index (χ2n) is 5.26. The molecule has 5 nitrogen and oxygen atoms in total. The largest absolute Gasteiger partial charge is 0.344 e. The second-order valence-corrected chi connectivity index (χ2v) is 5.26. The molecule has 0 aromatic heterocycles. The van der Waals surface area contributed by atoms with E-state index in [1.807, 2.05) is 0 Å². The van der Waals surface area contributed by atoms with Crippen molar-refractivity contribution in [2.24, 2.45) is 5.92 Å². The van der Waals surface area contributed by atoms with Crippen molar-refractivity contribution in [3.05, 3.63) is 0 Å². The first kappa shape index (κ1) is 13.1. The Kier molecular flexibility index (Phi) is 4.33. The van der Waals surface area contributed by atoms with Gasteiger partial charge in [0.2, 0.25) is 17.7 Å². The van der Waals surface area contributed by atoms with E-state index in [0.717, 1.165) is 6.42 Å². The molecule has 5 heteroatoms. The summed E-state index contributed by atoms with van der Waals surface area (Å²) in [6, 6.07) is -0.529. The minimum Gasteiger partial charge on any atom is -0.344 e. The Morgan fingerprint density at radius 1 is 1.22 bits per heavy atom. The summed E-state index contributed by atoms with van der Waals surface area (Å²) in [6.07, 6.45) is 7.14. The van der Waals surface area contributed by atoms with Crippen molar-refractivity contribution in [2.45, 2.75) is 57.4 Å². The van der Waals surface area contributed by atoms with Crippen molar-refractivity contribution in [2.75, 3.05) is 0 Å². The molecule has 3 amide bonds. The Morgan fingerprint density at radius 2 is 1.94 bits per heavy atom. The molecule has 100 valence electrons. The lowest BCUT2D eigenvalue weighted by atomic mass is 10.0. The van der Waals surface area contributed by atoms with Gasteiger partial charge in [-0.25, -0.2) is 0 Å². The standard InChI is InChI=1S/C13H20N2O3/c16-11(7-5-9-3-1-2-4-9)14-10-6-8-12(17)15-13(10)18/h9-10H,1-8H2,(H,14,16)(H,15,17,18). The van der Waals surface area contributed by atoms with Crippen LogP contribution in [0.4, 0.5) is 0 Å². The lowest BCUT2D eigenvalue weighted by Gasteiger charge is -2.22. The highest BCUT2D eigenvalue weighted by Crippen LogP contribution is 2.28. The van der Waals surface area contributed by atoms with Gasteiger partial charge in [-0.3, -0.25) is 19.7 Å². The van der Waals surface area contributed by atoms with E-state index in [2.05, 4.69) is 10.6 Å². The third kappa shape index (κ3) is 3.55. The molecule has 2 aliphatic rings. The van der Waals surface area contributed by atoms with Gasteiger partial charge in [-0.2, -0.15) is 0 Å². The van der Waals surface area contributed by atoms with Gasteiger partial charge >= 0.3 is 0 Å². The molecule has 0 radical (unpaired) electrons. The predicted octanol–water partition coefficient (Wildman–Crippen LogP) is 0.878. The topological polar surface area (TPSA) is 75.3 Å². The SMILES string of the molecule is O=C1CCC(NC(=O)CCC2CCCC2)C(=O)N1. The maximum atomic E-state index is 11.7. The van der Waals surface area contributed by atoms with E-state index in [1.165, 1.54) is 25.7 Å². The van der Waals surface area contributed by atoms with E-state index in [0.29, 0.717) is 25.2 Å². The van der Waals surface area contributed by atoms with Crippen molar-refractivity contribution in [1.82, 2.24) is 10.6 Å². The van der Waals surface area contributed by atoms with Crippen LogP contribution in [-0.2, 0) is 14.4 Å². The molecule has 2 rings (SSSR count). The number of amides is 3. The Balaban J connectivity index is 1.70. The van der Waals surface area contributed by atoms with E-state index in [-0.39, 0.29) is 17.7 Å². The quantitative estimate of drug-likeness (QED) is 0.729. The monoisotopic (exact) mass is 252 g/mol. The van der Waals surface area contributed by atoms with Crippen LogP contribution in [0.15, 0.2) is 0 Å². The van der Waals surface area contributed by atoms with Gasteiger partial charge in [0, 0.05) is 12.8 Å². The molecule has 1 heterocycles. The highest BCUT2D eigenvalue weighted by atomic mass is 16.2. The molecule has 1 atom stereocenters. The van der Waals surface area contributed by atoms with Gasteiger partial charge < -0.3 is 5.32 Å². The third-order valence-corrected chi connectivity index (χ3v) is 3.83. The van der Waals surface area contributed by atoms with Crippen LogP contribution in [0.1, 0.15) is 51.4 Å². The highest BCUT2D eigenvalue weighted by molar-refractivity contribution is 6.01. The zero-order valence-electron chi connectivity index (χ0n) is 10.5. The maximum absolute atomic E-state index is 11.7. The summed E-state index contributed by atoms with van der Waals surface area (Å²) in [7, 11) is 0. The smallest absolute Gasteiger partial charge is 0.249 e. The third-order valence-electron chi connectivity index (χ3n) is 3.83. The molecular formula is C13H20N2O3. The molecule has 0 aromatic rings. The van der Waals surface area contributed by atoms with Gasteiger partial charge in [0.05, 0.1) is 0 Å². The van der Waals surface area contributed by atoms with Crippen molar-refractivity contribution in [1.29, 1.82) is 0 Å². The Bertz CT molecular complexity index is 348. The fraction of sp³-hybridized carbons (Fsp3) is 0.769. The zero-order chi connectivity index (χ0) is 13.0. The first-order chi connectivity index (χ1) is 8.65. The molecule has 0 spiro atoms. The second kappa shape index (κ2) is 5.98. The summed E-state index contributed by atoms with van der Waals surface area (Å²) in [4.78, 5) is 34.1. The number of rotatable bonds is 4. The van der Waals surface area contributed by atoms with Gasteiger partial charge in [0.25, 0.3) is 0 Å². The van der Waals surface area contributed by atoms with E-state index in [1.54, 1.807) is 0 Å². The number of piperidine rings is 1. The van der Waals surface area contributed by atoms with E-state index < -0.39 is 6.04 Å². The van der Waals surface area contributed by atoms with Crippen LogP contribution in [0.25, 0.3) is 0 Å². The van der Waals surface area contributed by atoms with Crippen LogP contribution < -0.4 is 10.6 Å². The molecule has 18 heavy (non-hydrogen) atoms. The average Bonchev–Trinajstić information content (AvgIpc) is 2.83. The summed E-state index contributed by atoms with van der Waals surface area (Å²) < 4.78 is 0. The molecule has 1 aliphatic carbocycles. The van der Waals surface area contributed by atoms with Crippen LogP contribution in [0.2, 0.25) is 0 Å². The average molecular weight is 252 g/mol. The molecule has 0 aromatic carbocycles. The minimum atomic E-state index is -0.529. The van der Waals surface area contributed by atoms with Crippen molar-refractivity contribution >= 4 is 17.7 Å². The van der Waals surface area contributed by atoms with Gasteiger partial charge in [-0.15, -0.1) is 0 Å². The van der Waals surface area contributed by atoms with Crippen LogP contribution in [0, 0.1) is 5.92 Å². The minimum absolute atomic E-state index is 0.0728. The predicted molar refractivity (Wildman–Crippen MR) is 65.5 cm³/mol. The van der Waals surface area contributed by atoms with Gasteiger partial charge in [-0.05, 0) is 18.8 Å². The van der Waals surface area contributed by atoms with Crippen molar-refractivity contribution in [3.63, 3.8) is 0 Å². The normalized spacial score (nSPS) is 25.0. The number of carbonyl (C=O) groups is 3. The summed E-state index contributed by atoms with van der Waals surface area (Å²) in [5, 5.41) is 4.95. The fourth-order valence-electron chi connectivity index (χ4n) is 2.73. The van der Waals surface area contributed by atoms with E-state index in [4.69, 9.17) is 0 Å². The Hall–Kier alpha value is -1.39. The molecule has 1 aliphatic heterocycles. The highest BCUT2D eigenvalue weighted by Gasteiger charge is 2.27. The lowest BCUT2D eigenvalue weighted by molar-refractivity contribution is -0.137. The molecule has 1 unspecified atom stereocenters. The van der Waals surface area contributed by atoms with Gasteiger partial charge in [0.15, 0.2) is 0 Å². The first-order valence-corrected chi connectivity index (χ1v) is 6.78. The first-order valence-electron chi connectivity index (χ1n) is 6.78. The van der Waals surface area contributed by atoms with Crippen LogP contribution in [-0.4, -0.2) is 23.8 Å². The number of hydrogen-bond acceptors (Lipinski definition) is 3. The summed E-state index contributed by atoms with van der Waals surface area (Å²) in [5.41, 5.74) is 0. The Labute approximate surface area is 107 Å². The molecular weight excluding hydrogens is 232 g/mol. The van der Waals surface area contributed by atoms with E-state index >= 15 is 0 Å². The number of carbonyl (C=O) groups excluding carboxylic acids is 3. The molecule has 1 saturated carbocycles. The van der Waals surface area contributed by atoms with Gasteiger partial charge in [-0.1, -0.05) is 25.7 Å². The van der Waals surface area contributed by atoms with Crippen molar-refractivity contribution < 1.29 is 14.4 Å². The Morgan fingerprint density at radius 3 is 2.61 bits per heavy atom. The molecule has 2 N–H and O–H groups in total. The van der Waals surface area contributed by atoms with E-state index in [9.17, 15) is 14.4 Å². The van der Waals surface area contributed by atoms with Crippen LogP contribution in [0.5, 0.6) is 0 Å². The maximum Gasteiger partial charge on any atom is 0.249 e. The lowest BCUT2D eigenvalue weighted by Crippen LogP contribution is -2.52. The van der Waals surface area contributed by atoms with Crippen LogP contribution >= 0.6 is 0 Å². The number of hydrogen-bond donors (Lipinski definition) is 2. The summed E-state index contributed by atoms with van der Waals surface area (Å²) >= 11 is 0. The molecule has 2 fully saturated rings. The fourth-order valence-corrected chi connectivity index (χ4v) is 2.73. The summed E-state index contributed by atoms with van der Waals surface area (Å²) in [5.74, 6) is -0.0224. The summed E-state index contributed by atoms with van der Waals surface area (Å²) in [6.45, 7) is 0. The van der Waals surface area contributed by atoms with Gasteiger partial charge in [0.1, 0.15) is 6.04 Å². The number of imide groups is 1. The molecule has 0 bridgehead atoms. The number of nitrogens with one attached hydrogen (secondary N) is 2. The van der Waals surface area contributed by atoms with Crippen LogP contribution in [0.3, 0.4) is 0 Å². The van der Waals surface area contributed by atoms with Crippen molar-refractivity contribution in [3.8, 4) is 0 Å². The molecule has 1 saturated heterocycles.